The highest BCUT2D eigenvalue weighted by atomic mass is 16.3. The summed E-state index contributed by atoms with van der Waals surface area (Å²) >= 11 is 0. The molecule has 11 aromatic carbocycles. The third kappa shape index (κ3) is 3.77. The lowest BCUT2D eigenvalue weighted by atomic mass is 9.68. The molecule has 2 aliphatic carbocycles. The molecular formula is C57H32O. The van der Waals surface area contributed by atoms with Crippen molar-refractivity contribution in [1.82, 2.24) is 0 Å². The fraction of sp³-hybridized carbons (Fsp3) is 0.0175. The number of benzene rings is 11. The van der Waals surface area contributed by atoms with Gasteiger partial charge in [-0.2, -0.15) is 0 Å². The smallest absolute Gasteiger partial charge is 0.136 e. The summed E-state index contributed by atoms with van der Waals surface area (Å²) in [6.07, 6.45) is 0. The quantitative estimate of drug-likeness (QED) is 0.161. The van der Waals surface area contributed by atoms with Crippen molar-refractivity contribution in [3.63, 3.8) is 0 Å². The second kappa shape index (κ2) is 10.9. The van der Waals surface area contributed by atoms with E-state index in [1.807, 2.05) is 6.07 Å². The molecule has 1 heterocycles. The Morgan fingerprint density at radius 3 is 1.69 bits per heavy atom. The van der Waals surface area contributed by atoms with E-state index in [2.05, 4.69) is 188 Å². The maximum absolute atomic E-state index is 6.55. The van der Waals surface area contributed by atoms with Crippen molar-refractivity contribution in [2.24, 2.45) is 0 Å². The monoisotopic (exact) mass is 732 g/mol. The lowest BCUT2D eigenvalue weighted by Crippen LogP contribution is -2.26. The van der Waals surface area contributed by atoms with E-state index in [0.29, 0.717) is 0 Å². The van der Waals surface area contributed by atoms with Gasteiger partial charge in [-0.1, -0.05) is 152 Å². The lowest BCUT2D eigenvalue weighted by Gasteiger charge is -2.33. The van der Waals surface area contributed by atoms with Crippen LogP contribution in [0.15, 0.2) is 199 Å². The Bertz CT molecular complexity index is 3640. The van der Waals surface area contributed by atoms with Gasteiger partial charge in [0.25, 0.3) is 0 Å². The van der Waals surface area contributed by atoms with E-state index in [4.69, 9.17) is 4.42 Å². The Morgan fingerprint density at radius 2 is 0.914 bits per heavy atom. The summed E-state index contributed by atoms with van der Waals surface area (Å²) in [4.78, 5) is 0. The molecule has 0 unspecified atom stereocenters. The van der Waals surface area contributed by atoms with Gasteiger partial charge in [-0.25, -0.2) is 0 Å². The van der Waals surface area contributed by atoms with Gasteiger partial charge in [0.1, 0.15) is 11.2 Å². The zero-order chi connectivity index (χ0) is 37.7. The minimum absolute atomic E-state index is 0.549. The first kappa shape index (κ1) is 30.7. The average molecular weight is 733 g/mol. The highest BCUT2D eigenvalue weighted by Gasteiger charge is 2.53. The van der Waals surface area contributed by atoms with Crippen molar-refractivity contribution < 1.29 is 4.42 Å². The standard InChI is InChI=1S/C57H32O/c1-2-13-41-36(10-1)30-47(37-25-26-45-44-16-5-8-19-51(44)58-52(45)32-37)56-55(41)46-27-24-35(31-50(46)57(56)48-17-6-3-14-42(48)43-15-4-7-18-49(43)57)40-28-38-22-20-33-11-9-12-34-21-23-39(29-40)54(38)53(33)34/h1-32H. The van der Waals surface area contributed by atoms with Gasteiger partial charge in [-0.15, -0.1) is 0 Å². The Hall–Kier alpha value is -7.48. The third-order valence-electron chi connectivity index (χ3n) is 13.6. The number of rotatable bonds is 2. The molecule has 1 nitrogen and oxygen atoms in total. The van der Waals surface area contributed by atoms with Crippen LogP contribution in [0.3, 0.4) is 0 Å². The summed E-state index contributed by atoms with van der Waals surface area (Å²) < 4.78 is 6.55. The highest BCUT2D eigenvalue weighted by Crippen LogP contribution is 2.66. The van der Waals surface area contributed by atoms with Crippen molar-refractivity contribution in [3.05, 3.63) is 216 Å². The first-order valence-electron chi connectivity index (χ1n) is 20.2. The van der Waals surface area contributed by atoms with Crippen molar-refractivity contribution >= 4 is 65.0 Å². The van der Waals surface area contributed by atoms with Crippen LogP contribution in [0.25, 0.3) is 110 Å². The van der Waals surface area contributed by atoms with E-state index in [1.54, 1.807) is 0 Å². The van der Waals surface area contributed by atoms with Gasteiger partial charge in [0.2, 0.25) is 0 Å². The van der Waals surface area contributed by atoms with Crippen molar-refractivity contribution in [2.75, 3.05) is 0 Å². The minimum atomic E-state index is -0.549. The van der Waals surface area contributed by atoms with Gasteiger partial charge in [0.15, 0.2) is 0 Å². The number of hydrogen-bond donors (Lipinski definition) is 0. The molecule has 1 heteroatoms. The van der Waals surface area contributed by atoms with Gasteiger partial charge in [-0.3, -0.25) is 0 Å². The molecule has 2 aliphatic rings. The zero-order valence-electron chi connectivity index (χ0n) is 31.4. The summed E-state index contributed by atoms with van der Waals surface area (Å²) in [6.45, 7) is 0. The normalized spacial score (nSPS) is 13.7. The molecule has 0 radical (unpaired) electrons. The fourth-order valence-corrected chi connectivity index (χ4v) is 11.2. The molecule has 0 saturated carbocycles. The predicted octanol–water partition coefficient (Wildman–Crippen LogP) is 15.3. The molecule has 0 fully saturated rings. The minimum Gasteiger partial charge on any atom is -0.456 e. The summed E-state index contributed by atoms with van der Waals surface area (Å²) in [6, 6.07) is 72.8. The van der Waals surface area contributed by atoms with Crippen molar-refractivity contribution in [1.29, 1.82) is 0 Å². The SMILES string of the molecule is c1ccc2c(c1)-c1ccccc1C21c2cc(-c3cc4ccc5cccc6ccc(c3)c4c56)ccc2-c2c1c(-c1ccc3c(c1)oc1ccccc13)cc1ccccc21. The van der Waals surface area contributed by atoms with Gasteiger partial charge < -0.3 is 4.42 Å². The number of hydrogen-bond acceptors (Lipinski definition) is 1. The van der Waals surface area contributed by atoms with Crippen LogP contribution in [-0.2, 0) is 5.41 Å². The van der Waals surface area contributed by atoms with Crippen LogP contribution in [0.2, 0.25) is 0 Å². The largest absolute Gasteiger partial charge is 0.456 e. The maximum Gasteiger partial charge on any atom is 0.136 e. The molecule has 266 valence electrons. The Balaban J connectivity index is 1.10. The molecule has 0 N–H and O–H groups in total. The van der Waals surface area contributed by atoms with E-state index in [1.165, 1.54) is 104 Å². The molecule has 0 bridgehead atoms. The van der Waals surface area contributed by atoms with Gasteiger partial charge in [0, 0.05) is 10.8 Å². The van der Waals surface area contributed by atoms with Gasteiger partial charge >= 0.3 is 0 Å². The van der Waals surface area contributed by atoms with Crippen LogP contribution in [-0.4, -0.2) is 0 Å². The van der Waals surface area contributed by atoms with Gasteiger partial charge in [0.05, 0.1) is 5.41 Å². The van der Waals surface area contributed by atoms with Crippen LogP contribution < -0.4 is 0 Å². The number of fused-ring (bicyclic) bond motifs is 15. The molecule has 12 aromatic rings. The van der Waals surface area contributed by atoms with E-state index in [0.717, 1.165) is 27.5 Å². The second-order valence-electron chi connectivity index (χ2n) is 16.3. The third-order valence-corrected chi connectivity index (χ3v) is 13.6. The maximum atomic E-state index is 6.55. The molecule has 0 saturated heterocycles. The van der Waals surface area contributed by atoms with E-state index in [-0.39, 0.29) is 0 Å². The summed E-state index contributed by atoms with van der Waals surface area (Å²) in [7, 11) is 0. The topological polar surface area (TPSA) is 13.1 Å². The number of furan rings is 1. The molecule has 0 atom stereocenters. The van der Waals surface area contributed by atoms with Gasteiger partial charge in [-0.05, 0) is 152 Å². The molecule has 0 aliphatic heterocycles. The summed E-state index contributed by atoms with van der Waals surface area (Å²) in [5, 5.41) is 12.7. The fourth-order valence-electron chi connectivity index (χ4n) is 11.2. The Labute approximate surface area is 334 Å². The average Bonchev–Trinajstić information content (AvgIpc) is 3.91. The molecule has 0 amide bonds. The van der Waals surface area contributed by atoms with E-state index in [9.17, 15) is 0 Å². The van der Waals surface area contributed by atoms with E-state index >= 15 is 0 Å². The first-order valence-corrected chi connectivity index (χ1v) is 20.2. The number of para-hydroxylation sites is 1. The molecule has 58 heavy (non-hydrogen) atoms. The zero-order valence-corrected chi connectivity index (χ0v) is 31.4. The molecule has 1 spiro atoms. The molecule has 14 rings (SSSR count). The van der Waals surface area contributed by atoms with Crippen molar-refractivity contribution in [2.45, 2.75) is 5.41 Å². The summed E-state index contributed by atoms with van der Waals surface area (Å²) in [5.74, 6) is 0. The molecule has 1 aromatic heterocycles. The predicted molar refractivity (Wildman–Crippen MR) is 242 cm³/mol. The Kier molecular flexibility index (Phi) is 5.76. The Morgan fingerprint density at radius 1 is 0.310 bits per heavy atom. The summed E-state index contributed by atoms with van der Waals surface area (Å²) in [5.41, 5.74) is 16.7. The lowest BCUT2D eigenvalue weighted by molar-refractivity contribution is 0.669. The van der Waals surface area contributed by atoms with Crippen molar-refractivity contribution in [3.8, 4) is 44.5 Å². The van der Waals surface area contributed by atoms with Crippen LogP contribution in [0.5, 0.6) is 0 Å². The highest BCUT2D eigenvalue weighted by molar-refractivity contribution is 6.24. The van der Waals surface area contributed by atoms with Crippen LogP contribution >= 0.6 is 0 Å². The van der Waals surface area contributed by atoms with Crippen LogP contribution in [0, 0.1) is 0 Å². The van der Waals surface area contributed by atoms with Crippen LogP contribution in [0.4, 0.5) is 0 Å². The van der Waals surface area contributed by atoms with Crippen LogP contribution in [0.1, 0.15) is 22.3 Å². The van der Waals surface area contributed by atoms with E-state index < -0.39 is 5.41 Å². The second-order valence-corrected chi connectivity index (χ2v) is 16.3. The molecular weight excluding hydrogens is 701 g/mol. The first-order chi connectivity index (χ1) is 28.7.